The van der Waals surface area contributed by atoms with Crippen LogP contribution in [0.2, 0.25) is 39.3 Å². The summed E-state index contributed by atoms with van der Waals surface area (Å²) in [5.41, 5.74) is 8.62. The summed E-state index contributed by atoms with van der Waals surface area (Å²) in [5.74, 6) is 3.83. The van der Waals surface area contributed by atoms with E-state index in [1.54, 1.807) is 0 Å². The third kappa shape index (κ3) is 4.54. The van der Waals surface area contributed by atoms with E-state index < -0.39 is 16.1 Å². The van der Waals surface area contributed by atoms with Gasteiger partial charge in [0.25, 0.3) is 0 Å². The van der Waals surface area contributed by atoms with E-state index in [1.807, 2.05) is 0 Å². The lowest BCUT2D eigenvalue weighted by Crippen LogP contribution is -2.45. The summed E-state index contributed by atoms with van der Waals surface area (Å²) in [7, 11) is -2.95. The molecule has 0 fully saturated rings. The molecular weight excluding hydrogens is 308 g/mol. The van der Waals surface area contributed by atoms with Crippen LogP contribution in [-0.4, -0.2) is 16.1 Å². The second kappa shape index (κ2) is 8.90. The van der Waals surface area contributed by atoms with Crippen LogP contribution in [0.15, 0.2) is 0 Å². The van der Waals surface area contributed by atoms with Crippen molar-refractivity contribution in [2.75, 3.05) is 0 Å². The minimum Gasteiger partial charge on any atom is -0.131 e. The molecule has 136 valence electrons. The quantitative estimate of drug-likeness (QED) is 0.323. The molecule has 0 aromatic carbocycles. The Morgan fingerprint density at radius 1 is 0.522 bits per heavy atom. The third-order valence-electron chi connectivity index (χ3n) is 6.79. The van der Waals surface area contributed by atoms with Crippen molar-refractivity contribution in [3.63, 3.8) is 0 Å². The van der Waals surface area contributed by atoms with Crippen molar-refractivity contribution in [2.24, 2.45) is 0 Å². The van der Waals surface area contributed by atoms with E-state index in [9.17, 15) is 0 Å². The van der Waals surface area contributed by atoms with E-state index in [0.29, 0.717) is 0 Å². The molecule has 23 heavy (non-hydrogen) atoms. The molecule has 0 N–H and O–H groups in total. The minimum absolute atomic E-state index is 0.739. The molecule has 0 aliphatic rings. The van der Waals surface area contributed by atoms with E-state index in [-0.39, 0.29) is 0 Å². The van der Waals surface area contributed by atoms with Gasteiger partial charge in [-0.05, 0) is 33.2 Å². The van der Waals surface area contributed by atoms with Crippen LogP contribution in [0.25, 0.3) is 0 Å². The van der Waals surface area contributed by atoms with Gasteiger partial charge >= 0.3 is 0 Å². The molecular formula is C21H44Si2. The molecule has 0 aromatic rings. The highest BCUT2D eigenvalue weighted by molar-refractivity contribution is 6.91. The molecule has 0 nitrogen and oxygen atoms in total. The molecule has 0 amide bonds. The zero-order valence-electron chi connectivity index (χ0n) is 18.2. The van der Waals surface area contributed by atoms with E-state index in [0.717, 1.165) is 33.2 Å². The molecule has 0 unspecified atom stereocenters. The molecule has 0 heterocycles. The van der Waals surface area contributed by atoms with Gasteiger partial charge in [-0.15, -0.1) is 11.5 Å². The van der Waals surface area contributed by atoms with Gasteiger partial charge in [-0.1, -0.05) is 83.1 Å². The van der Waals surface area contributed by atoms with Crippen LogP contribution in [0.4, 0.5) is 0 Å². The molecule has 0 saturated carbocycles. The lowest BCUT2D eigenvalue weighted by atomic mass is 10.5. The number of rotatable bonds is 7. The Labute approximate surface area is 150 Å². The van der Waals surface area contributed by atoms with Gasteiger partial charge in [0.2, 0.25) is 0 Å². The van der Waals surface area contributed by atoms with Gasteiger partial charge in [0.15, 0.2) is 0 Å². The van der Waals surface area contributed by atoms with Crippen molar-refractivity contribution in [3.05, 3.63) is 0 Å². The summed E-state index contributed by atoms with van der Waals surface area (Å²) in [6, 6.07) is 1.20. The summed E-state index contributed by atoms with van der Waals surface area (Å²) < 4.78 is 0. The fraction of sp³-hybridized carbons (Fsp3) is 0.905. The standard InChI is InChI=1S/C21H44Si2/c1-16(2)22(17(3)4,18(5)6)14-13-15-23(19(7)8,20(9)10)21(11)12/h16-21H,14H2,1-12H3. The summed E-state index contributed by atoms with van der Waals surface area (Å²) >= 11 is 0. The molecule has 0 radical (unpaired) electrons. The summed E-state index contributed by atoms with van der Waals surface area (Å²) in [4.78, 5) is 0. The Bertz CT molecular complexity index is 362. The lowest BCUT2D eigenvalue weighted by molar-refractivity contribution is 0.813. The predicted molar refractivity (Wildman–Crippen MR) is 115 cm³/mol. The molecule has 0 saturated heterocycles. The molecule has 0 aliphatic heterocycles. The first-order chi connectivity index (χ1) is 10.4. The Balaban J connectivity index is 5.84. The Morgan fingerprint density at radius 2 is 0.826 bits per heavy atom. The van der Waals surface area contributed by atoms with Crippen LogP contribution >= 0.6 is 0 Å². The molecule has 0 atom stereocenters. The largest absolute Gasteiger partial charge is 0.145 e. The second-order valence-corrected chi connectivity index (χ2v) is 21.1. The molecule has 0 spiro atoms. The smallest absolute Gasteiger partial charge is 0.131 e. The van der Waals surface area contributed by atoms with Gasteiger partial charge < -0.3 is 0 Å². The number of hydrogen-bond donors (Lipinski definition) is 0. The van der Waals surface area contributed by atoms with Gasteiger partial charge in [-0.25, -0.2) is 0 Å². The van der Waals surface area contributed by atoms with Crippen molar-refractivity contribution >= 4 is 16.1 Å². The maximum absolute atomic E-state index is 3.98. The molecule has 0 aliphatic carbocycles. The molecule has 0 bridgehead atoms. The average Bonchev–Trinajstić information content (AvgIpc) is 2.35. The highest BCUT2D eigenvalue weighted by Crippen LogP contribution is 2.45. The van der Waals surface area contributed by atoms with E-state index in [4.69, 9.17) is 0 Å². The van der Waals surface area contributed by atoms with Crippen LogP contribution in [-0.2, 0) is 0 Å². The fourth-order valence-electron chi connectivity index (χ4n) is 5.40. The van der Waals surface area contributed by atoms with Crippen molar-refractivity contribution < 1.29 is 0 Å². The van der Waals surface area contributed by atoms with Crippen molar-refractivity contribution in [1.82, 2.24) is 0 Å². The summed E-state index contributed by atoms with van der Waals surface area (Å²) in [6.07, 6.45) is 0. The van der Waals surface area contributed by atoms with Crippen molar-refractivity contribution in [3.8, 4) is 11.5 Å². The average molecular weight is 353 g/mol. The van der Waals surface area contributed by atoms with Gasteiger partial charge in [0.1, 0.15) is 8.07 Å². The second-order valence-electron chi connectivity index (χ2n) is 9.45. The zero-order valence-corrected chi connectivity index (χ0v) is 20.2. The highest BCUT2D eigenvalue weighted by Gasteiger charge is 2.44. The van der Waals surface area contributed by atoms with E-state index in [1.165, 1.54) is 6.04 Å². The van der Waals surface area contributed by atoms with Gasteiger partial charge in [0.05, 0.1) is 8.07 Å². The predicted octanol–water partition coefficient (Wildman–Crippen LogP) is 7.89. The first kappa shape index (κ1) is 23.0. The van der Waals surface area contributed by atoms with Crippen molar-refractivity contribution in [1.29, 1.82) is 0 Å². The summed E-state index contributed by atoms with van der Waals surface area (Å²) in [6.45, 7) is 29.2. The fourth-order valence-corrected chi connectivity index (χ4v) is 16.5. The van der Waals surface area contributed by atoms with Gasteiger partial charge in [-0.2, -0.15) is 0 Å². The molecule has 0 rings (SSSR count). The van der Waals surface area contributed by atoms with Crippen LogP contribution in [0.3, 0.4) is 0 Å². The van der Waals surface area contributed by atoms with Gasteiger partial charge in [0, 0.05) is 6.04 Å². The Kier molecular flexibility index (Phi) is 8.90. The topological polar surface area (TPSA) is 0 Å². The normalized spacial score (nSPS) is 13.7. The Hall–Kier alpha value is -0.00623. The van der Waals surface area contributed by atoms with Gasteiger partial charge in [-0.3, -0.25) is 0 Å². The van der Waals surface area contributed by atoms with Crippen LogP contribution < -0.4 is 0 Å². The maximum Gasteiger partial charge on any atom is 0.145 e. The first-order valence-electron chi connectivity index (χ1n) is 9.87. The van der Waals surface area contributed by atoms with Crippen LogP contribution in [0, 0.1) is 11.5 Å². The minimum atomic E-state index is -1.57. The zero-order chi connectivity index (χ0) is 18.6. The van der Waals surface area contributed by atoms with Crippen molar-refractivity contribution in [2.45, 2.75) is 122 Å². The maximum atomic E-state index is 3.98. The van der Waals surface area contributed by atoms with E-state index in [2.05, 4.69) is 94.5 Å². The van der Waals surface area contributed by atoms with Crippen LogP contribution in [0.1, 0.15) is 83.1 Å². The highest BCUT2D eigenvalue weighted by atomic mass is 28.3. The first-order valence-corrected chi connectivity index (χ1v) is 14.5. The Morgan fingerprint density at radius 3 is 1.04 bits per heavy atom. The molecule has 0 aromatic heterocycles. The SMILES string of the molecule is CC(C)[Si](C#CC[Si](C(C)C)(C(C)C)C(C)C)(C(C)C)C(C)C. The third-order valence-corrected chi connectivity index (χ3v) is 20.4. The monoisotopic (exact) mass is 352 g/mol. The number of hydrogen-bond acceptors (Lipinski definition) is 0. The van der Waals surface area contributed by atoms with E-state index >= 15 is 0 Å². The molecule has 2 heteroatoms. The van der Waals surface area contributed by atoms with Crippen LogP contribution in [0.5, 0.6) is 0 Å². The summed E-state index contributed by atoms with van der Waals surface area (Å²) in [5, 5.41) is 0. The lowest BCUT2D eigenvalue weighted by Gasteiger charge is -2.42.